The molecule has 0 aromatic heterocycles. The van der Waals surface area contributed by atoms with Gasteiger partial charge in [-0.05, 0) is 0 Å². The van der Waals surface area contributed by atoms with Gasteiger partial charge in [0.05, 0.1) is 6.10 Å². The van der Waals surface area contributed by atoms with Crippen molar-refractivity contribution in [3.63, 3.8) is 0 Å². The number of rotatable bonds is 3. The fourth-order valence-corrected chi connectivity index (χ4v) is 2.22. The quantitative estimate of drug-likeness (QED) is 0.578. The van der Waals surface area contributed by atoms with Gasteiger partial charge < -0.3 is 5.11 Å². The van der Waals surface area contributed by atoms with Gasteiger partial charge in [0.15, 0.2) is 0 Å². The molecule has 1 aliphatic rings. The Morgan fingerprint density at radius 2 is 2.33 bits per heavy atom. The molecule has 1 fully saturated rings. The summed E-state index contributed by atoms with van der Waals surface area (Å²) in [5, 5.41) is 8.84. The minimum absolute atomic E-state index is 0.175. The van der Waals surface area contributed by atoms with Crippen LogP contribution >= 0.6 is 0 Å². The largest absolute Gasteiger partial charge is 0.389 e. The van der Waals surface area contributed by atoms with Crippen LogP contribution in [0.1, 0.15) is 0 Å². The second kappa shape index (κ2) is 3.65. The Morgan fingerprint density at radius 3 is 2.75 bits per heavy atom. The Balaban J connectivity index is 2.53. The van der Waals surface area contributed by atoms with Crippen LogP contribution in [0.4, 0.5) is 4.39 Å². The second-order valence-corrected chi connectivity index (χ2v) is 4.32. The highest BCUT2D eigenvalue weighted by molar-refractivity contribution is 7.87. The van der Waals surface area contributed by atoms with E-state index in [1.165, 1.54) is 0 Å². The summed E-state index contributed by atoms with van der Waals surface area (Å²) >= 11 is 0. The molecular weight excluding hydrogens is 187 g/mol. The molecule has 0 aromatic rings. The van der Waals surface area contributed by atoms with Crippen LogP contribution in [0.2, 0.25) is 0 Å². The van der Waals surface area contributed by atoms with Crippen LogP contribution in [0, 0.1) is 0 Å². The maximum atomic E-state index is 11.8. The molecule has 1 atom stereocenters. The van der Waals surface area contributed by atoms with E-state index < -0.39 is 23.0 Å². The molecule has 2 N–H and O–H groups in total. The van der Waals surface area contributed by atoms with Gasteiger partial charge in [-0.25, -0.2) is 9.11 Å². The molecule has 1 unspecified atom stereocenters. The smallest absolute Gasteiger partial charge is 0.279 e. The normalized spacial score (nSPS) is 25.8. The van der Waals surface area contributed by atoms with Crippen LogP contribution < -0.4 is 4.72 Å². The third-order valence-corrected chi connectivity index (χ3v) is 3.16. The van der Waals surface area contributed by atoms with Gasteiger partial charge in [0.2, 0.25) is 0 Å². The zero-order valence-electron chi connectivity index (χ0n) is 6.40. The molecule has 72 valence electrons. The van der Waals surface area contributed by atoms with Crippen LogP contribution in [0.3, 0.4) is 0 Å². The molecule has 12 heavy (non-hydrogen) atoms. The number of β-amino-alcohol motifs (C(OH)–C–C–N with tert-alkyl or cyclic N) is 1. The number of aliphatic hydroxyl groups is 1. The standard InChI is InChI=1S/C5H11FN2O3S/c6-3-5(9)4-8-2-1-7-12(8,10)11/h5,7,9H,1-4H2. The first kappa shape index (κ1) is 9.85. The van der Waals surface area contributed by atoms with Crippen molar-refractivity contribution >= 4 is 10.2 Å². The summed E-state index contributed by atoms with van der Waals surface area (Å²) in [6.45, 7) is -0.488. The van der Waals surface area contributed by atoms with Crippen LogP contribution in [0.25, 0.3) is 0 Å². The first-order valence-electron chi connectivity index (χ1n) is 3.55. The molecule has 0 bridgehead atoms. The van der Waals surface area contributed by atoms with Crippen molar-refractivity contribution in [2.24, 2.45) is 0 Å². The van der Waals surface area contributed by atoms with E-state index in [0.29, 0.717) is 13.1 Å². The van der Waals surface area contributed by atoms with Gasteiger partial charge in [-0.2, -0.15) is 12.7 Å². The Morgan fingerprint density at radius 1 is 1.67 bits per heavy atom. The average molecular weight is 198 g/mol. The number of aliphatic hydroxyl groups excluding tert-OH is 1. The summed E-state index contributed by atoms with van der Waals surface area (Å²) in [4.78, 5) is 0. The minimum Gasteiger partial charge on any atom is -0.389 e. The topological polar surface area (TPSA) is 69.6 Å². The summed E-state index contributed by atoms with van der Waals surface area (Å²) in [7, 11) is -3.44. The summed E-state index contributed by atoms with van der Waals surface area (Å²) in [6.07, 6.45) is -1.22. The molecule has 0 amide bonds. The number of alkyl halides is 1. The number of hydrogen-bond donors (Lipinski definition) is 2. The van der Waals surface area contributed by atoms with Gasteiger partial charge in [-0.3, -0.25) is 0 Å². The van der Waals surface area contributed by atoms with Gasteiger partial charge in [0.25, 0.3) is 10.2 Å². The SMILES string of the molecule is O=S1(=O)NCCN1CC(O)CF. The number of nitrogens with zero attached hydrogens (tertiary/aromatic N) is 1. The molecular formula is C5H11FN2O3S. The lowest BCUT2D eigenvalue weighted by Gasteiger charge is -2.15. The molecule has 1 saturated heterocycles. The highest BCUT2D eigenvalue weighted by Gasteiger charge is 2.29. The average Bonchev–Trinajstić information content (AvgIpc) is 2.31. The van der Waals surface area contributed by atoms with Gasteiger partial charge in [-0.1, -0.05) is 0 Å². The van der Waals surface area contributed by atoms with Crippen molar-refractivity contribution in [3.8, 4) is 0 Å². The highest BCUT2D eigenvalue weighted by Crippen LogP contribution is 2.05. The Hall–Kier alpha value is -0.240. The molecule has 0 aromatic carbocycles. The summed E-state index contributed by atoms with van der Waals surface area (Å²) in [6, 6.07) is 0. The van der Waals surface area contributed by atoms with Crippen molar-refractivity contribution in [2.75, 3.05) is 26.3 Å². The van der Waals surface area contributed by atoms with Crippen molar-refractivity contribution in [3.05, 3.63) is 0 Å². The van der Waals surface area contributed by atoms with E-state index in [4.69, 9.17) is 5.11 Å². The molecule has 1 aliphatic heterocycles. The first-order valence-corrected chi connectivity index (χ1v) is 4.99. The molecule has 0 spiro atoms. The van der Waals surface area contributed by atoms with E-state index in [1.54, 1.807) is 0 Å². The molecule has 0 radical (unpaired) electrons. The van der Waals surface area contributed by atoms with Crippen molar-refractivity contribution in [1.82, 2.24) is 9.03 Å². The van der Waals surface area contributed by atoms with E-state index >= 15 is 0 Å². The first-order chi connectivity index (χ1) is 5.56. The summed E-state index contributed by atoms with van der Waals surface area (Å²) in [5.74, 6) is 0. The van der Waals surface area contributed by atoms with E-state index in [2.05, 4.69) is 4.72 Å². The van der Waals surface area contributed by atoms with Crippen LogP contribution in [0.15, 0.2) is 0 Å². The van der Waals surface area contributed by atoms with Gasteiger partial charge in [-0.15, -0.1) is 0 Å². The van der Waals surface area contributed by atoms with Crippen LogP contribution in [-0.2, 0) is 10.2 Å². The zero-order valence-corrected chi connectivity index (χ0v) is 7.22. The Kier molecular flexibility index (Phi) is 2.99. The monoisotopic (exact) mass is 198 g/mol. The maximum Gasteiger partial charge on any atom is 0.279 e. The van der Waals surface area contributed by atoms with E-state index in [-0.39, 0.29) is 6.54 Å². The maximum absolute atomic E-state index is 11.8. The predicted octanol–water partition coefficient (Wildman–Crippen LogP) is -1.53. The van der Waals surface area contributed by atoms with E-state index in [0.717, 1.165) is 4.31 Å². The molecule has 7 heteroatoms. The Labute approximate surface area is 70.4 Å². The summed E-state index contributed by atoms with van der Waals surface area (Å²) < 4.78 is 37.1. The molecule has 1 rings (SSSR count). The lowest BCUT2D eigenvalue weighted by Crippen LogP contribution is -2.36. The van der Waals surface area contributed by atoms with Gasteiger partial charge in [0.1, 0.15) is 6.67 Å². The molecule has 0 aliphatic carbocycles. The summed E-state index contributed by atoms with van der Waals surface area (Å²) in [5.41, 5.74) is 0. The second-order valence-electron chi connectivity index (χ2n) is 2.57. The number of hydrogen-bond acceptors (Lipinski definition) is 3. The van der Waals surface area contributed by atoms with E-state index in [1.807, 2.05) is 0 Å². The number of nitrogens with one attached hydrogen (secondary N) is 1. The van der Waals surface area contributed by atoms with Crippen molar-refractivity contribution < 1.29 is 17.9 Å². The fourth-order valence-electron chi connectivity index (χ4n) is 0.984. The molecule has 0 saturated carbocycles. The van der Waals surface area contributed by atoms with Crippen LogP contribution in [0.5, 0.6) is 0 Å². The predicted molar refractivity (Wildman–Crippen MR) is 40.5 cm³/mol. The van der Waals surface area contributed by atoms with Crippen molar-refractivity contribution in [1.29, 1.82) is 0 Å². The Bertz CT molecular complexity index is 243. The van der Waals surface area contributed by atoms with E-state index in [9.17, 15) is 12.8 Å². The molecule has 5 nitrogen and oxygen atoms in total. The van der Waals surface area contributed by atoms with Gasteiger partial charge >= 0.3 is 0 Å². The van der Waals surface area contributed by atoms with Crippen molar-refractivity contribution in [2.45, 2.75) is 6.10 Å². The third-order valence-electron chi connectivity index (χ3n) is 1.58. The highest BCUT2D eigenvalue weighted by atomic mass is 32.2. The fraction of sp³-hybridized carbons (Fsp3) is 1.00. The van der Waals surface area contributed by atoms with Crippen LogP contribution in [-0.4, -0.2) is 50.2 Å². The third kappa shape index (κ3) is 2.13. The molecule has 1 heterocycles. The minimum atomic E-state index is -3.44. The zero-order chi connectivity index (χ0) is 9.19. The van der Waals surface area contributed by atoms with Gasteiger partial charge in [0, 0.05) is 19.6 Å². The lowest BCUT2D eigenvalue weighted by molar-refractivity contribution is 0.119. The lowest BCUT2D eigenvalue weighted by atomic mass is 10.4. The number of halogens is 1.